The maximum atomic E-state index is 13.5. The highest BCUT2D eigenvalue weighted by molar-refractivity contribution is 7.98. The largest absolute Gasteiger partial charge is 0.304 e. The lowest BCUT2D eigenvalue weighted by molar-refractivity contribution is 0.103. The number of amides is 1. The summed E-state index contributed by atoms with van der Waals surface area (Å²) in [7, 11) is 0. The number of halogens is 1. The molecule has 1 aromatic carbocycles. The highest BCUT2D eigenvalue weighted by atomic mass is 32.2. The second-order valence-electron chi connectivity index (χ2n) is 4.57. The van der Waals surface area contributed by atoms with Crippen molar-refractivity contribution >= 4 is 34.8 Å². The van der Waals surface area contributed by atoms with Gasteiger partial charge in [0.1, 0.15) is 10.8 Å². The number of nitrogens with one attached hydrogen (secondary N) is 1. The van der Waals surface area contributed by atoms with Gasteiger partial charge < -0.3 is 5.32 Å². The SMILES string of the molecule is O=C(Nc1ccc(SCc2ccccc2F)nn1)c1cccs1. The topological polar surface area (TPSA) is 54.9 Å². The van der Waals surface area contributed by atoms with Gasteiger partial charge in [-0.15, -0.1) is 21.5 Å². The van der Waals surface area contributed by atoms with Gasteiger partial charge in [0, 0.05) is 5.75 Å². The summed E-state index contributed by atoms with van der Waals surface area (Å²) < 4.78 is 13.5. The summed E-state index contributed by atoms with van der Waals surface area (Å²) in [4.78, 5) is 12.5. The molecule has 3 aromatic rings. The van der Waals surface area contributed by atoms with Crippen LogP contribution in [0.25, 0.3) is 0 Å². The molecule has 7 heteroatoms. The lowest BCUT2D eigenvalue weighted by Gasteiger charge is -2.04. The molecule has 2 heterocycles. The van der Waals surface area contributed by atoms with Crippen LogP contribution in [-0.4, -0.2) is 16.1 Å². The molecule has 0 radical (unpaired) electrons. The predicted octanol–water partition coefficient (Wildman–Crippen LogP) is 4.22. The van der Waals surface area contributed by atoms with E-state index >= 15 is 0 Å². The number of hydrogen-bond donors (Lipinski definition) is 1. The number of anilines is 1. The lowest BCUT2D eigenvalue weighted by atomic mass is 10.2. The summed E-state index contributed by atoms with van der Waals surface area (Å²) in [5.41, 5.74) is 0.620. The second-order valence-corrected chi connectivity index (χ2v) is 6.51. The Balaban J connectivity index is 1.59. The summed E-state index contributed by atoms with van der Waals surface area (Å²) in [6.07, 6.45) is 0. The number of aromatic nitrogens is 2. The van der Waals surface area contributed by atoms with Crippen molar-refractivity contribution in [2.24, 2.45) is 0 Å². The van der Waals surface area contributed by atoms with Crippen LogP contribution in [0.3, 0.4) is 0 Å². The molecule has 0 spiro atoms. The molecule has 0 aliphatic carbocycles. The fourth-order valence-corrected chi connectivity index (χ4v) is 3.24. The van der Waals surface area contributed by atoms with E-state index in [2.05, 4.69) is 15.5 Å². The average Bonchev–Trinajstić information content (AvgIpc) is 3.10. The van der Waals surface area contributed by atoms with Crippen molar-refractivity contribution in [3.05, 3.63) is 70.2 Å². The molecule has 23 heavy (non-hydrogen) atoms. The number of thiophene rings is 1. The van der Waals surface area contributed by atoms with Gasteiger partial charge in [-0.3, -0.25) is 4.79 Å². The molecule has 0 fully saturated rings. The highest BCUT2D eigenvalue weighted by Gasteiger charge is 2.08. The molecule has 1 amide bonds. The molecular weight excluding hydrogens is 333 g/mol. The van der Waals surface area contributed by atoms with Gasteiger partial charge in [0.2, 0.25) is 0 Å². The highest BCUT2D eigenvalue weighted by Crippen LogP contribution is 2.22. The van der Waals surface area contributed by atoms with Crippen LogP contribution >= 0.6 is 23.1 Å². The molecule has 0 unspecified atom stereocenters. The third kappa shape index (κ3) is 4.14. The Labute approximate surface area is 140 Å². The molecule has 3 rings (SSSR count). The van der Waals surface area contributed by atoms with Crippen molar-refractivity contribution < 1.29 is 9.18 Å². The van der Waals surface area contributed by atoms with Crippen LogP contribution in [0.5, 0.6) is 0 Å². The maximum Gasteiger partial charge on any atom is 0.266 e. The Morgan fingerprint density at radius 2 is 2.00 bits per heavy atom. The molecular formula is C16H12FN3OS2. The van der Waals surface area contributed by atoms with E-state index < -0.39 is 0 Å². The van der Waals surface area contributed by atoms with Crippen LogP contribution in [0.4, 0.5) is 10.2 Å². The zero-order chi connectivity index (χ0) is 16.1. The standard InChI is InChI=1S/C16H12FN3OS2/c17-12-5-2-1-4-11(12)10-23-15-8-7-14(19-20-15)18-16(21)13-6-3-9-22-13/h1-9H,10H2,(H,18,19,21). The molecule has 0 saturated heterocycles. The summed E-state index contributed by atoms with van der Waals surface area (Å²) in [6.45, 7) is 0. The van der Waals surface area contributed by atoms with Gasteiger partial charge in [-0.1, -0.05) is 36.0 Å². The average molecular weight is 345 g/mol. The van der Waals surface area contributed by atoms with Crippen LogP contribution in [-0.2, 0) is 5.75 Å². The molecule has 0 atom stereocenters. The number of benzene rings is 1. The van der Waals surface area contributed by atoms with Crippen molar-refractivity contribution in [1.82, 2.24) is 10.2 Å². The number of carbonyl (C=O) groups is 1. The van der Waals surface area contributed by atoms with Crippen LogP contribution in [0, 0.1) is 5.82 Å². The van der Waals surface area contributed by atoms with Gasteiger partial charge in [-0.25, -0.2) is 4.39 Å². The zero-order valence-corrected chi connectivity index (χ0v) is 13.5. The summed E-state index contributed by atoms with van der Waals surface area (Å²) >= 11 is 2.75. The monoisotopic (exact) mass is 345 g/mol. The van der Waals surface area contributed by atoms with Crippen molar-refractivity contribution in [2.75, 3.05) is 5.32 Å². The molecule has 4 nitrogen and oxygen atoms in total. The summed E-state index contributed by atoms with van der Waals surface area (Å²) in [5, 5.41) is 13.2. The van der Waals surface area contributed by atoms with Gasteiger partial charge >= 0.3 is 0 Å². The Hall–Kier alpha value is -2.25. The van der Waals surface area contributed by atoms with E-state index in [-0.39, 0.29) is 11.7 Å². The van der Waals surface area contributed by atoms with Crippen molar-refractivity contribution in [3.8, 4) is 0 Å². The predicted molar refractivity (Wildman–Crippen MR) is 90.3 cm³/mol. The van der Waals surface area contributed by atoms with Gasteiger partial charge in [-0.2, -0.15) is 0 Å². The lowest BCUT2D eigenvalue weighted by Crippen LogP contribution is -2.11. The Bertz CT molecular complexity index is 791. The van der Waals surface area contributed by atoms with E-state index in [1.807, 2.05) is 11.4 Å². The number of thioether (sulfide) groups is 1. The minimum atomic E-state index is -0.229. The van der Waals surface area contributed by atoms with Crippen LogP contribution in [0.2, 0.25) is 0 Å². The maximum absolute atomic E-state index is 13.5. The summed E-state index contributed by atoms with van der Waals surface area (Å²) in [6, 6.07) is 13.6. The van der Waals surface area contributed by atoms with E-state index in [1.54, 1.807) is 36.4 Å². The fraction of sp³-hybridized carbons (Fsp3) is 0.0625. The van der Waals surface area contributed by atoms with E-state index in [0.29, 0.717) is 27.0 Å². The molecule has 2 aromatic heterocycles. The Kier molecular flexibility index (Phi) is 4.99. The van der Waals surface area contributed by atoms with Crippen molar-refractivity contribution in [1.29, 1.82) is 0 Å². The van der Waals surface area contributed by atoms with E-state index in [0.717, 1.165) is 0 Å². The van der Waals surface area contributed by atoms with Crippen LogP contribution in [0.1, 0.15) is 15.2 Å². The fourth-order valence-electron chi connectivity index (χ4n) is 1.82. The number of nitrogens with zero attached hydrogens (tertiary/aromatic N) is 2. The van der Waals surface area contributed by atoms with Gasteiger partial charge in [-0.05, 0) is 35.2 Å². The zero-order valence-electron chi connectivity index (χ0n) is 11.9. The minimum Gasteiger partial charge on any atom is -0.304 e. The number of rotatable bonds is 5. The van der Waals surface area contributed by atoms with Crippen LogP contribution in [0.15, 0.2) is 58.9 Å². The third-order valence-electron chi connectivity index (χ3n) is 2.96. The van der Waals surface area contributed by atoms with Crippen LogP contribution < -0.4 is 5.32 Å². The van der Waals surface area contributed by atoms with E-state index in [4.69, 9.17) is 0 Å². The van der Waals surface area contributed by atoms with Gasteiger partial charge in [0.05, 0.1) is 4.88 Å². The number of hydrogen-bond acceptors (Lipinski definition) is 5. The third-order valence-corrected chi connectivity index (χ3v) is 4.80. The van der Waals surface area contributed by atoms with Crippen molar-refractivity contribution in [2.45, 2.75) is 10.8 Å². The minimum absolute atomic E-state index is 0.207. The smallest absolute Gasteiger partial charge is 0.266 e. The molecule has 1 N–H and O–H groups in total. The van der Waals surface area contributed by atoms with Crippen molar-refractivity contribution in [3.63, 3.8) is 0 Å². The molecule has 0 bridgehead atoms. The Morgan fingerprint density at radius 3 is 2.70 bits per heavy atom. The number of carbonyl (C=O) groups excluding carboxylic acids is 1. The van der Waals surface area contributed by atoms with E-state index in [9.17, 15) is 9.18 Å². The second kappa shape index (κ2) is 7.34. The first-order valence-electron chi connectivity index (χ1n) is 6.77. The Morgan fingerprint density at radius 1 is 1.13 bits per heavy atom. The molecule has 0 aliphatic rings. The molecule has 116 valence electrons. The first-order chi connectivity index (χ1) is 11.2. The normalized spacial score (nSPS) is 10.5. The molecule has 0 aliphatic heterocycles. The van der Waals surface area contributed by atoms with Gasteiger partial charge in [0.15, 0.2) is 5.82 Å². The molecule has 0 saturated carbocycles. The van der Waals surface area contributed by atoms with E-state index in [1.165, 1.54) is 29.2 Å². The first kappa shape index (κ1) is 15.6. The van der Waals surface area contributed by atoms with Gasteiger partial charge in [0.25, 0.3) is 5.91 Å². The first-order valence-corrected chi connectivity index (χ1v) is 8.64. The summed E-state index contributed by atoms with van der Waals surface area (Å²) in [5.74, 6) is 0.426. The quantitative estimate of drug-likeness (QED) is 0.704.